The third-order valence-corrected chi connectivity index (χ3v) is 8.69. The number of amidine groups is 1. The van der Waals surface area contributed by atoms with Crippen molar-refractivity contribution in [2.24, 2.45) is 10.7 Å². The van der Waals surface area contributed by atoms with Crippen LogP contribution in [0.15, 0.2) is 47.7 Å². The monoisotopic (exact) mass is 477 g/mol. The zero-order chi connectivity index (χ0) is 24.0. The summed E-state index contributed by atoms with van der Waals surface area (Å²) in [7, 11) is -1.88. The van der Waals surface area contributed by atoms with Crippen molar-refractivity contribution in [3.63, 3.8) is 0 Å². The van der Waals surface area contributed by atoms with Gasteiger partial charge >= 0.3 is 0 Å². The minimum atomic E-state index is -3.42. The van der Waals surface area contributed by atoms with Crippen LogP contribution in [0.25, 0.3) is 10.9 Å². The lowest BCUT2D eigenvalue weighted by atomic mass is 9.92. The van der Waals surface area contributed by atoms with Crippen LogP contribution in [0.5, 0.6) is 5.75 Å². The highest BCUT2D eigenvalue weighted by Crippen LogP contribution is 2.59. The van der Waals surface area contributed by atoms with Gasteiger partial charge in [0, 0.05) is 22.8 Å². The highest BCUT2D eigenvalue weighted by atomic mass is 32.3. The second kappa shape index (κ2) is 8.08. The smallest absolute Gasteiger partial charge is 0.156 e. The first-order valence-corrected chi connectivity index (χ1v) is 11.8. The Kier molecular flexibility index (Phi) is 5.67. The minimum Gasteiger partial charge on any atom is -0.495 e. The number of fused-ring (bicyclic) bond motifs is 1. The topological polar surface area (TPSA) is 126 Å². The second-order valence-corrected chi connectivity index (χ2v) is 11.1. The zero-order valence-corrected chi connectivity index (χ0v) is 19.2. The number of pyridine rings is 2. The third kappa shape index (κ3) is 3.85. The van der Waals surface area contributed by atoms with Gasteiger partial charge in [0.15, 0.2) is 5.82 Å². The van der Waals surface area contributed by atoms with Crippen LogP contribution in [0.1, 0.15) is 19.4 Å². The molecule has 8 nitrogen and oxygen atoms in total. The molecule has 0 saturated heterocycles. The van der Waals surface area contributed by atoms with E-state index in [4.69, 9.17) is 10.5 Å². The van der Waals surface area contributed by atoms with Crippen LogP contribution < -0.4 is 15.8 Å². The predicted octanol–water partition coefficient (Wildman–Crippen LogP) is 4.59. The molecule has 33 heavy (non-hydrogen) atoms. The summed E-state index contributed by atoms with van der Waals surface area (Å²) in [6.45, 7) is 1.88. The lowest BCUT2D eigenvalue weighted by Crippen LogP contribution is -2.53. The van der Waals surface area contributed by atoms with Crippen LogP contribution in [0.3, 0.4) is 0 Å². The molecule has 1 atom stereocenters. The fraction of sp³-hybridized carbons (Fsp3) is 0.318. The number of ether oxygens (including phenoxy) is 1. The highest BCUT2D eigenvalue weighted by molar-refractivity contribution is 8.26. The van der Waals surface area contributed by atoms with Gasteiger partial charge in [-0.1, -0.05) is 0 Å². The molecule has 0 aliphatic carbocycles. The van der Waals surface area contributed by atoms with E-state index in [1.807, 2.05) is 0 Å². The SMILES string of the molecule is COc1cnc2c(Nc3ccc(F)c(C4(CF)CS(O)(O)C(C)(C)C(N)=N4)c3)nccc2c1. The average molecular weight is 478 g/mol. The standard InChI is InChI=1S/C22H25F2N5O3S/c1-21(2)20(25)29-22(11-23,12-33(21,30)31)16-9-14(4-5-17(16)24)28-19-18-13(6-7-26-19)8-15(32-3)10-27-18/h4-10,30-31H,11-12H2,1-3H3,(H2,25,29)(H,26,28). The number of hydrogen-bond donors (Lipinski definition) is 4. The van der Waals surface area contributed by atoms with Gasteiger partial charge in [-0.3, -0.25) is 14.1 Å². The third-order valence-electron chi connectivity index (χ3n) is 5.97. The molecule has 5 N–H and O–H groups in total. The van der Waals surface area contributed by atoms with Gasteiger partial charge in [-0.15, -0.1) is 0 Å². The normalized spacial score (nSPS) is 22.5. The Balaban J connectivity index is 1.78. The number of nitrogens with two attached hydrogens (primary N) is 1. The Morgan fingerprint density at radius 3 is 2.64 bits per heavy atom. The lowest BCUT2D eigenvalue weighted by Gasteiger charge is -2.53. The first-order valence-electron chi connectivity index (χ1n) is 10.1. The number of alkyl halides is 1. The van der Waals surface area contributed by atoms with Gasteiger partial charge in [0.1, 0.15) is 39.9 Å². The van der Waals surface area contributed by atoms with Gasteiger partial charge in [0.2, 0.25) is 0 Å². The van der Waals surface area contributed by atoms with Crippen molar-refractivity contribution in [3.8, 4) is 5.75 Å². The lowest BCUT2D eigenvalue weighted by molar-refractivity contribution is 0.312. The summed E-state index contributed by atoms with van der Waals surface area (Å²) in [6, 6.07) is 7.58. The van der Waals surface area contributed by atoms with E-state index in [9.17, 15) is 17.9 Å². The molecule has 1 unspecified atom stereocenters. The number of aliphatic imine (C=N–C) groups is 1. The maximum absolute atomic E-state index is 14.9. The molecule has 1 aromatic carbocycles. The van der Waals surface area contributed by atoms with Gasteiger partial charge in [-0.05, 0) is 44.2 Å². The van der Waals surface area contributed by atoms with Crippen molar-refractivity contribution in [2.75, 3.05) is 24.9 Å². The first kappa shape index (κ1) is 23.1. The minimum absolute atomic E-state index is 0.136. The summed E-state index contributed by atoms with van der Waals surface area (Å²) in [5, 5.41) is 3.85. The van der Waals surface area contributed by atoms with Crippen LogP contribution in [-0.2, 0) is 5.54 Å². The van der Waals surface area contributed by atoms with Crippen molar-refractivity contribution in [3.05, 3.63) is 54.1 Å². The van der Waals surface area contributed by atoms with E-state index in [2.05, 4.69) is 20.3 Å². The van der Waals surface area contributed by atoms with Crippen molar-refractivity contribution in [1.29, 1.82) is 0 Å². The molecule has 3 aromatic rings. The quantitative estimate of drug-likeness (QED) is 0.424. The molecule has 0 saturated carbocycles. The Bertz CT molecular complexity index is 1250. The van der Waals surface area contributed by atoms with E-state index < -0.39 is 39.1 Å². The Morgan fingerprint density at radius 1 is 1.21 bits per heavy atom. The number of nitrogens with one attached hydrogen (secondary N) is 1. The number of halogens is 2. The Morgan fingerprint density at radius 2 is 1.97 bits per heavy atom. The largest absolute Gasteiger partial charge is 0.495 e. The first-order chi connectivity index (χ1) is 15.5. The van der Waals surface area contributed by atoms with Crippen molar-refractivity contribution in [1.82, 2.24) is 9.97 Å². The molecule has 0 radical (unpaired) electrons. The number of nitrogens with zero attached hydrogens (tertiary/aromatic N) is 3. The van der Waals surface area contributed by atoms with Crippen LogP contribution in [-0.4, -0.2) is 49.2 Å². The molecule has 0 fully saturated rings. The van der Waals surface area contributed by atoms with Gasteiger partial charge in [0.25, 0.3) is 0 Å². The maximum atomic E-state index is 14.9. The van der Waals surface area contributed by atoms with E-state index in [1.54, 1.807) is 31.6 Å². The van der Waals surface area contributed by atoms with Crippen LogP contribution in [0.4, 0.5) is 20.3 Å². The molecular formula is C22H25F2N5O3S. The summed E-state index contributed by atoms with van der Waals surface area (Å²) in [6.07, 6.45) is 3.14. The van der Waals surface area contributed by atoms with Crippen LogP contribution >= 0.6 is 10.6 Å². The molecule has 2 aromatic heterocycles. The second-order valence-electron chi connectivity index (χ2n) is 8.41. The predicted molar refractivity (Wildman–Crippen MR) is 127 cm³/mol. The van der Waals surface area contributed by atoms with Gasteiger partial charge in [-0.2, -0.15) is 10.6 Å². The summed E-state index contributed by atoms with van der Waals surface area (Å²) in [5.74, 6) is -0.378. The van der Waals surface area contributed by atoms with Gasteiger partial charge in [-0.25, -0.2) is 18.7 Å². The summed E-state index contributed by atoms with van der Waals surface area (Å²) >= 11 is 0. The number of hydrogen-bond acceptors (Lipinski definition) is 8. The van der Waals surface area contributed by atoms with E-state index >= 15 is 0 Å². The number of aromatic nitrogens is 2. The molecule has 1 aliphatic rings. The summed E-state index contributed by atoms with van der Waals surface area (Å²) in [5.41, 5.74) is 4.94. The van der Waals surface area contributed by atoms with E-state index in [1.165, 1.54) is 26.0 Å². The van der Waals surface area contributed by atoms with E-state index in [0.29, 0.717) is 22.8 Å². The van der Waals surface area contributed by atoms with Crippen molar-refractivity contribution < 1.29 is 22.6 Å². The molecular weight excluding hydrogens is 452 g/mol. The van der Waals surface area contributed by atoms with Crippen molar-refractivity contribution in [2.45, 2.75) is 24.1 Å². The van der Waals surface area contributed by atoms with Gasteiger partial charge < -0.3 is 15.8 Å². The van der Waals surface area contributed by atoms with Crippen LogP contribution in [0.2, 0.25) is 0 Å². The fourth-order valence-corrected chi connectivity index (χ4v) is 5.40. The number of anilines is 2. The zero-order valence-electron chi connectivity index (χ0n) is 18.3. The van der Waals surface area contributed by atoms with E-state index in [-0.39, 0.29) is 11.4 Å². The highest BCUT2D eigenvalue weighted by Gasteiger charge is 2.51. The maximum Gasteiger partial charge on any atom is 0.156 e. The summed E-state index contributed by atoms with van der Waals surface area (Å²) in [4.78, 5) is 12.9. The van der Waals surface area contributed by atoms with E-state index in [0.717, 1.165) is 11.5 Å². The van der Waals surface area contributed by atoms with Crippen molar-refractivity contribution >= 4 is 38.8 Å². The molecule has 176 valence electrons. The number of benzene rings is 1. The summed E-state index contributed by atoms with van der Waals surface area (Å²) < 4.78 is 54.7. The average Bonchev–Trinajstić information content (AvgIpc) is 2.78. The number of methoxy groups -OCH3 is 1. The molecule has 1 aliphatic heterocycles. The number of rotatable bonds is 5. The Labute approximate surface area is 191 Å². The molecule has 0 bridgehead atoms. The molecule has 0 spiro atoms. The van der Waals surface area contributed by atoms with Gasteiger partial charge in [0.05, 0.1) is 19.1 Å². The fourth-order valence-electron chi connectivity index (χ4n) is 3.70. The molecule has 11 heteroatoms. The van der Waals surface area contributed by atoms with Crippen LogP contribution in [0, 0.1) is 5.82 Å². The Hall–Kier alpha value is -3.02. The molecule has 0 amide bonds. The molecule has 4 rings (SSSR count). The molecule has 3 heterocycles.